The Labute approximate surface area is 106 Å². The van der Waals surface area contributed by atoms with Crippen LogP contribution >= 0.6 is 0 Å². The van der Waals surface area contributed by atoms with Gasteiger partial charge in [-0.05, 0) is 18.8 Å². The van der Waals surface area contributed by atoms with Crippen LogP contribution in [-0.4, -0.2) is 29.6 Å². The molecule has 0 spiro atoms. The fraction of sp³-hybridized carbons (Fsp3) is 0.929. The first-order valence-electron chi connectivity index (χ1n) is 7.24. The molecule has 0 aromatic heterocycles. The van der Waals surface area contributed by atoms with Gasteiger partial charge in [0.15, 0.2) is 0 Å². The van der Waals surface area contributed by atoms with Crippen LogP contribution in [0.15, 0.2) is 0 Å². The van der Waals surface area contributed by atoms with Gasteiger partial charge in [-0.15, -0.1) is 0 Å². The summed E-state index contributed by atoms with van der Waals surface area (Å²) in [5, 5.41) is 3.47. The van der Waals surface area contributed by atoms with Crippen LogP contribution in [-0.2, 0) is 4.79 Å². The van der Waals surface area contributed by atoms with Gasteiger partial charge in [-0.1, -0.05) is 47.0 Å². The molecule has 3 nitrogen and oxygen atoms in total. The maximum Gasteiger partial charge on any atom is 0.241 e. The van der Waals surface area contributed by atoms with E-state index in [1.54, 1.807) is 0 Å². The molecule has 0 aliphatic carbocycles. The molecule has 0 saturated carbocycles. The molecule has 0 aromatic carbocycles. The molecule has 1 heterocycles. The van der Waals surface area contributed by atoms with Crippen LogP contribution in [0.5, 0.6) is 0 Å². The van der Waals surface area contributed by atoms with Crippen molar-refractivity contribution in [3.05, 3.63) is 0 Å². The van der Waals surface area contributed by atoms with Gasteiger partial charge in [-0.2, -0.15) is 0 Å². The molecule has 2 atom stereocenters. The number of hydrogen-bond donors (Lipinski definition) is 1. The summed E-state index contributed by atoms with van der Waals surface area (Å²) in [4.78, 5) is 14.3. The van der Waals surface area contributed by atoms with Crippen LogP contribution < -0.4 is 5.32 Å². The first-order chi connectivity index (χ1) is 8.17. The Kier molecular flexibility index (Phi) is 5.96. The Hall–Kier alpha value is -0.570. The number of carbonyl (C=O) groups excluding carboxylic acids is 1. The van der Waals surface area contributed by atoms with Gasteiger partial charge in [0.25, 0.3) is 0 Å². The Morgan fingerprint density at radius 1 is 1.24 bits per heavy atom. The van der Waals surface area contributed by atoms with Gasteiger partial charge in [-0.3, -0.25) is 10.1 Å². The maximum absolute atomic E-state index is 12.3. The molecule has 0 aromatic rings. The predicted octanol–water partition coefficient (Wildman–Crippen LogP) is 2.76. The van der Waals surface area contributed by atoms with E-state index in [2.05, 4.69) is 37.9 Å². The van der Waals surface area contributed by atoms with Crippen LogP contribution in [0.3, 0.4) is 0 Å². The molecule has 1 rings (SSSR count). The van der Waals surface area contributed by atoms with Crippen LogP contribution in [0.2, 0.25) is 0 Å². The Morgan fingerprint density at radius 3 is 2.35 bits per heavy atom. The lowest BCUT2D eigenvalue weighted by atomic mass is 10.0. The average Bonchev–Trinajstić information content (AvgIpc) is 2.63. The minimum absolute atomic E-state index is 0.0564. The lowest BCUT2D eigenvalue weighted by Gasteiger charge is -2.27. The van der Waals surface area contributed by atoms with E-state index < -0.39 is 0 Å². The van der Waals surface area contributed by atoms with Gasteiger partial charge >= 0.3 is 0 Å². The predicted molar refractivity (Wildman–Crippen MR) is 71.7 cm³/mol. The second kappa shape index (κ2) is 7.00. The van der Waals surface area contributed by atoms with Crippen molar-refractivity contribution in [3.8, 4) is 0 Å². The number of nitrogens with one attached hydrogen (secondary N) is 1. The van der Waals surface area contributed by atoms with E-state index in [1.807, 2.05) is 0 Å². The second-order valence-corrected chi connectivity index (χ2v) is 5.11. The van der Waals surface area contributed by atoms with Crippen molar-refractivity contribution >= 4 is 5.91 Å². The monoisotopic (exact) mass is 240 g/mol. The molecule has 1 amide bonds. The number of hydrogen-bond acceptors (Lipinski definition) is 2. The number of nitrogens with zero attached hydrogens (tertiary/aromatic N) is 1. The molecule has 1 fully saturated rings. The van der Waals surface area contributed by atoms with Gasteiger partial charge in [0, 0.05) is 6.54 Å². The third-order valence-electron chi connectivity index (χ3n) is 3.93. The first kappa shape index (κ1) is 14.5. The molecule has 17 heavy (non-hydrogen) atoms. The summed E-state index contributed by atoms with van der Waals surface area (Å²) < 4.78 is 0. The van der Waals surface area contributed by atoms with E-state index in [4.69, 9.17) is 0 Å². The van der Waals surface area contributed by atoms with E-state index in [-0.39, 0.29) is 12.2 Å². The fourth-order valence-corrected chi connectivity index (χ4v) is 2.59. The Balaban J connectivity index is 2.67. The molecular formula is C14H28N2O. The SMILES string of the molecule is CCCC1NC(CC)C(=O)N1CC(CC)CC. The zero-order valence-corrected chi connectivity index (χ0v) is 11.8. The van der Waals surface area contributed by atoms with E-state index in [0.29, 0.717) is 11.8 Å². The van der Waals surface area contributed by atoms with E-state index >= 15 is 0 Å². The van der Waals surface area contributed by atoms with Crippen LogP contribution in [0.1, 0.15) is 59.8 Å². The number of rotatable bonds is 7. The molecule has 1 aliphatic rings. The van der Waals surface area contributed by atoms with Gasteiger partial charge in [-0.25, -0.2) is 0 Å². The van der Waals surface area contributed by atoms with E-state index in [9.17, 15) is 4.79 Å². The molecule has 1 aliphatic heterocycles. The average molecular weight is 240 g/mol. The summed E-state index contributed by atoms with van der Waals surface area (Å²) in [6.07, 6.45) is 5.70. The molecule has 0 radical (unpaired) electrons. The summed E-state index contributed by atoms with van der Waals surface area (Å²) in [6.45, 7) is 9.63. The van der Waals surface area contributed by atoms with E-state index in [0.717, 1.165) is 38.6 Å². The smallest absolute Gasteiger partial charge is 0.241 e. The summed E-state index contributed by atoms with van der Waals surface area (Å²) in [6, 6.07) is 0.0564. The quantitative estimate of drug-likeness (QED) is 0.742. The second-order valence-electron chi connectivity index (χ2n) is 5.11. The minimum Gasteiger partial charge on any atom is -0.326 e. The highest BCUT2D eigenvalue weighted by molar-refractivity contribution is 5.84. The molecule has 3 heteroatoms. The van der Waals surface area contributed by atoms with Crippen molar-refractivity contribution in [3.63, 3.8) is 0 Å². The topological polar surface area (TPSA) is 32.3 Å². The molecule has 1 saturated heterocycles. The molecule has 100 valence electrons. The van der Waals surface area contributed by atoms with E-state index in [1.165, 1.54) is 0 Å². The number of carbonyl (C=O) groups is 1. The minimum atomic E-state index is 0.0564. The van der Waals surface area contributed by atoms with Crippen molar-refractivity contribution in [2.24, 2.45) is 5.92 Å². The van der Waals surface area contributed by atoms with Crippen molar-refractivity contribution in [2.45, 2.75) is 72.0 Å². The third-order valence-corrected chi connectivity index (χ3v) is 3.93. The summed E-state index contributed by atoms with van der Waals surface area (Å²) in [5.41, 5.74) is 0. The lowest BCUT2D eigenvalue weighted by molar-refractivity contribution is -0.130. The Bertz CT molecular complexity index is 238. The van der Waals surface area contributed by atoms with Gasteiger partial charge in [0.1, 0.15) is 0 Å². The van der Waals surface area contributed by atoms with Gasteiger partial charge < -0.3 is 4.90 Å². The van der Waals surface area contributed by atoms with Crippen LogP contribution in [0.4, 0.5) is 0 Å². The van der Waals surface area contributed by atoms with Crippen molar-refractivity contribution in [1.29, 1.82) is 0 Å². The van der Waals surface area contributed by atoms with Crippen LogP contribution in [0, 0.1) is 5.92 Å². The fourth-order valence-electron chi connectivity index (χ4n) is 2.59. The highest BCUT2D eigenvalue weighted by Crippen LogP contribution is 2.20. The van der Waals surface area contributed by atoms with Crippen molar-refractivity contribution in [2.75, 3.05) is 6.54 Å². The first-order valence-corrected chi connectivity index (χ1v) is 7.24. The van der Waals surface area contributed by atoms with Gasteiger partial charge in [0.2, 0.25) is 5.91 Å². The molecule has 0 bridgehead atoms. The summed E-state index contributed by atoms with van der Waals surface area (Å²) in [7, 11) is 0. The highest BCUT2D eigenvalue weighted by atomic mass is 16.2. The molecule has 1 N–H and O–H groups in total. The zero-order chi connectivity index (χ0) is 12.8. The number of amides is 1. The lowest BCUT2D eigenvalue weighted by Crippen LogP contribution is -2.40. The largest absolute Gasteiger partial charge is 0.326 e. The Morgan fingerprint density at radius 2 is 1.88 bits per heavy atom. The highest BCUT2D eigenvalue weighted by Gasteiger charge is 2.37. The zero-order valence-electron chi connectivity index (χ0n) is 11.8. The van der Waals surface area contributed by atoms with Crippen molar-refractivity contribution in [1.82, 2.24) is 10.2 Å². The van der Waals surface area contributed by atoms with Gasteiger partial charge in [0.05, 0.1) is 12.2 Å². The third kappa shape index (κ3) is 3.44. The molecule has 2 unspecified atom stereocenters. The normalized spacial score (nSPS) is 25.0. The summed E-state index contributed by atoms with van der Waals surface area (Å²) in [5.74, 6) is 0.966. The van der Waals surface area contributed by atoms with Crippen molar-refractivity contribution < 1.29 is 4.79 Å². The standard InChI is InChI=1S/C14H28N2O/c1-5-9-13-15-12(8-4)14(17)16(13)10-11(6-2)7-3/h11-13,15H,5-10H2,1-4H3. The summed E-state index contributed by atoms with van der Waals surface area (Å²) >= 11 is 0. The maximum atomic E-state index is 12.3. The molecular weight excluding hydrogens is 212 g/mol. The van der Waals surface area contributed by atoms with Crippen LogP contribution in [0.25, 0.3) is 0 Å².